The SMILES string of the molecule is Cc1nc(-c2ccc(F)c(F)c2)nc(C)c1CCCN. The van der Waals surface area contributed by atoms with Crippen molar-refractivity contribution in [2.75, 3.05) is 6.54 Å². The van der Waals surface area contributed by atoms with Crippen molar-refractivity contribution in [1.29, 1.82) is 0 Å². The summed E-state index contributed by atoms with van der Waals surface area (Å²) in [4.78, 5) is 8.77. The van der Waals surface area contributed by atoms with E-state index in [2.05, 4.69) is 9.97 Å². The Morgan fingerprint density at radius 2 is 1.70 bits per heavy atom. The molecule has 5 heteroatoms. The molecule has 2 N–H and O–H groups in total. The molecular formula is C15H17F2N3. The van der Waals surface area contributed by atoms with Crippen LogP contribution in [0.1, 0.15) is 23.4 Å². The van der Waals surface area contributed by atoms with Crippen LogP contribution in [0.3, 0.4) is 0 Å². The molecule has 0 bridgehead atoms. The fourth-order valence-electron chi connectivity index (χ4n) is 2.14. The molecule has 0 atom stereocenters. The average molecular weight is 277 g/mol. The molecule has 0 aliphatic carbocycles. The number of nitrogens with zero attached hydrogens (tertiary/aromatic N) is 2. The van der Waals surface area contributed by atoms with Crippen molar-refractivity contribution in [2.45, 2.75) is 26.7 Å². The summed E-state index contributed by atoms with van der Waals surface area (Å²) >= 11 is 0. The topological polar surface area (TPSA) is 51.8 Å². The fourth-order valence-corrected chi connectivity index (χ4v) is 2.14. The molecule has 0 unspecified atom stereocenters. The van der Waals surface area contributed by atoms with Crippen molar-refractivity contribution < 1.29 is 8.78 Å². The Hall–Kier alpha value is -1.88. The minimum absolute atomic E-state index is 0.412. The smallest absolute Gasteiger partial charge is 0.159 e. The molecule has 0 radical (unpaired) electrons. The predicted octanol–water partition coefficient (Wildman–Crippen LogP) is 2.93. The van der Waals surface area contributed by atoms with Crippen LogP contribution in [0.5, 0.6) is 0 Å². The largest absolute Gasteiger partial charge is 0.330 e. The highest BCUT2D eigenvalue weighted by Crippen LogP contribution is 2.21. The first kappa shape index (κ1) is 14.5. The van der Waals surface area contributed by atoms with Crippen LogP contribution in [0.15, 0.2) is 18.2 Å². The standard InChI is InChI=1S/C15H17F2N3/c1-9-12(4-3-7-18)10(2)20-15(19-9)11-5-6-13(16)14(17)8-11/h5-6,8H,3-4,7,18H2,1-2H3. The Morgan fingerprint density at radius 3 is 2.25 bits per heavy atom. The first-order chi connectivity index (χ1) is 9.52. The van der Waals surface area contributed by atoms with Crippen molar-refractivity contribution in [1.82, 2.24) is 9.97 Å². The van der Waals surface area contributed by atoms with Gasteiger partial charge in [-0.25, -0.2) is 18.7 Å². The third kappa shape index (κ3) is 2.99. The summed E-state index contributed by atoms with van der Waals surface area (Å²) in [6.07, 6.45) is 1.70. The second-order valence-electron chi connectivity index (χ2n) is 4.72. The van der Waals surface area contributed by atoms with Gasteiger partial charge in [0, 0.05) is 17.0 Å². The van der Waals surface area contributed by atoms with Gasteiger partial charge >= 0.3 is 0 Å². The van der Waals surface area contributed by atoms with Gasteiger partial charge in [-0.3, -0.25) is 0 Å². The Balaban J connectivity index is 2.41. The molecule has 0 aliphatic heterocycles. The summed E-state index contributed by atoms with van der Waals surface area (Å²) in [5.41, 5.74) is 8.76. The Kier molecular flexibility index (Phi) is 4.39. The van der Waals surface area contributed by atoms with E-state index in [-0.39, 0.29) is 0 Å². The highest BCUT2D eigenvalue weighted by Gasteiger charge is 2.11. The second kappa shape index (κ2) is 6.05. The van der Waals surface area contributed by atoms with Crippen LogP contribution in [0.25, 0.3) is 11.4 Å². The molecule has 0 aliphatic rings. The van der Waals surface area contributed by atoms with Gasteiger partial charge in [-0.15, -0.1) is 0 Å². The molecule has 0 amide bonds. The minimum Gasteiger partial charge on any atom is -0.330 e. The highest BCUT2D eigenvalue weighted by molar-refractivity contribution is 5.55. The second-order valence-corrected chi connectivity index (χ2v) is 4.72. The summed E-state index contributed by atoms with van der Waals surface area (Å²) in [6, 6.07) is 3.68. The van der Waals surface area contributed by atoms with E-state index < -0.39 is 11.6 Å². The van der Waals surface area contributed by atoms with Crippen molar-refractivity contribution in [3.05, 3.63) is 46.8 Å². The maximum atomic E-state index is 13.3. The van der Waals surface area contributed by atoms with E-state index in [1.807, 2.05) is 13.8 Å². The lowest BCUT2D eigenvalue weighted by Gasteiger charge is -2.10. The van der Waals surface area contributed by atoms with Crippen LogP contribution < -0.4 is 5.73 Å². The number of aromatic nitrogens is 2. The lowest BCUT2D eigenvalue weighted by molar-refractivity contribution is 0.509. The summed E-state index contributed by atoms with van der Waals surface area (Å²) in [6.45, 7) is 4.40. The van der Waals surface area contributed by atoms with E-state index in [9.17, 15) is 8.78 Å². The third-order valence-corrected chi connectivity index (χ3v) is 3.23. The van der Waals surface area contributed by atoms with Crippen LogP contribution in [-0.4, -0.2) is 16.5 Å². The van der Waals surface area contributed by atoms with Gasteiger partial charge in [0.25, 0.3) is 0 Å². The highest BCUT2D eigenvalue weighted by atomic mass is 19.2. The molecule has 0 spiro atoms. The summed E-state index contributed by atoms with van der Waals surface area (Å²) < 4.78 is 26.2. The Morgan fingerprint density at radius 1 is 1.05 bits per heavy atom. The van der Waals surface area contributed by atoms with E-state index in [0.29, 0.717) is 17.9 Å². The lowest BCUT2D eigenvalue weighted by Crippen LogP contribution is -2.06. The number of nitrogens with two attached hydrogens (primary N) is 1. The van der Waals surface area contributed by atoms with Gasteiger partial charge in [0.05, 0.1) is 0 Å². The molecule has 0 saturated heterocycles. The molecular weight excluding hydrogens is 260 g/mol. The summed E-state index contributed by atoms with van der Waals surface area (Å²) in [7, 11) is 0. The monoisotopic (exact) mass is 277 g/mol. The van der Waals surface area contributed by atoms with Gasteiger partial charge in [-0.2, -0.15) is 0 Å². The van der Waals surface area contributed by atoms with Crippen molar-refractivity contribution >= 4 is 0 Å². The first-order valence-corrected chi connectivity index (χ1v) is 6.52. The number of benzene rings is 1. The van der Waals surface area contributed by atoms with Crippen molar-refractivity contribution in [3.63, 3.8) is 0 Å². The van der Waals surface area contributed by atoms with Crippen LogP contribution in [0, 0.1) is 25.5 Å². The van der Waals surface area contributed by atoms with Crippen molar-refractivity contribution in [2.24, 2.45) is 5.73 Å². The number of halogens is 2. The van der Waals surface area contributed by atoms with Crippen LogP contribution in [-0.2, 0) is 6.42 Å². The zero-order valence-corrected chi connectivity index (χ0v) is 11.6. The molecule has 0 saturated carbocycles. The zero-order chi connectivity index (χ0) is 14.7. The summed E-state index contributed by atoms with van der Waals surface area (Å²) in [5, 5.41) is 0. The van der Waals surface area contributed by atoms with Gasteiger partial charge in [-0.05, 0) is 57.0 Å². The predicted molar refractivity (Wildman–Crippen MR) is 74.2 cm³/mol. The molecule has 1 aromatic carbocycles. The molecule has 2 aromatic rings. The third-order valence-electron chi connectivity index (χ3n) is 3.23. The van der Waals surface area contributed by atoms with Crippen molar-refractivity contribution in [3.8, 4) is 11.4 Å². The van der Waals surface area contributed by atoms with Crippen LogP contribution in [0.2, 0.25) is 0 Å². The van der Waals surface area contributed by atoms with E-state index in [1.54, 1.807) is 0 Å². The minimum atomic E-state index is -0.895. The van der Waals surface area contributed by atoms with E-state index in [0.717, 1.165) is 41.9 Å². The molecule has 2 rings (SSSR count). The molecule has 106 valence electrons. The quantitative estimate of drug-likeness (QED) is 0.934. The van der Waals surface area contributed by atoms with E-state index in [4.69, 9.17) is 5.73 Å². The van der Waals surface area contributed by atoms with Gasteiger partial charge < -0.3 is 5.73 Å². The first-order valence-electron chi connectivity index (χ1n) is 6.52. The van der Waals surface area contributed by atoms with Gasteiger partial charge in [0.2, 0.25) is 0 Å². The van der Waals surface area contributed by atoms with Gasteiger partial charge in [-0.1, -0.05) is 0 Å². The maximum Gasteiger partial charge on any atom is 0.159 e. The lowest BCUT2D eigenvalue weighted by atomic mass is 10.1. The molecule has 1 aromatic heterocycles. The normalized spacial score (nSPS) is 10.8. The fraction of sp³-hybridized carbons (Fsp3) is 0.333. The van der Waals surface area contributed by atoms with Gasteiger partial charge in [0.1, 0.15) is 0 Å². The van der Waals surface area contributed by atoms with Crippen LogP contribution in [0.4, 0.5) is 8.78 Å². The van der Waals surface area contributed by atoms with Crippen LogP contribution >= 0.6 is 0 Å². The Bertz CT molecular complexity index is 604. The number of aryl methyl sites for hydroxylation is 2. The zero-order valence-electron chi connectivity index (χ0n) is 11.6. The molecule has 1 heterocycles. The number of hydrogen-bond donors (Lipinski definition) is 1. The average Bonchev–Trinajstić information content (AvgIpc) is 2.41. The maximum absolute atomic E-state index is 13.3. The van der Waals surface area contributed by atoms with Gasteiger partial charge in [0.15, 0.2) is 17.5 Å². The number of hydrogen-bond acceptors (Lipinski definition) is 3. The molecule has 0 fully saturated rings. The molecule has 3 nitrogen and oxygen atoms in total. The number of rotatable bonds is 4. The van der Waals surface area contributed by atoms with E-state index >= 15 is 0 Å². The summed E-state index contributed by atoms with van der Waals surface area (Å²) in [5.74, 6) is -1.36. The Labute approximate surface area is 116 Å². The van der Waals surface area contributed by atoms with E-state index in [1.165, 1.54) is 6.07 Å². The molecule has 20 heavy (non-hydrogen) atoms.